The molecule has 1 aliphatic carbocycles. The number of hydrogen-bond acceptors (Lipinski definition) is 3. The van der Waals surface area contributed by atoms with Gasteiger partial charge in [-0.15, -0.1) is 0 Å². The smallest absolute Gasteiger partial charge is 0.0847 e. The van der Waals surface area contributed by atoms with Crippen LogP contribution < -0.4 is 11.3 Å². The molecule has 16 heavy (non-hydrogen) atoms. The summed E-state index contributed by atoms with van der Waals surface area (Å²) in [5.74, 6) is 6.40. The first-order valence-electron chi connectivity index (χ1n) is 6.75. The lowest BCUT2D eigenvalue weighted by molar-refractivity contribution is -0.0826. The molecule has 0 radical (unpaired) electrons. The zero-order valence-corrected chi connectivity index (χ0v) is 11.1. The van der Waals surface area contributed by atoms with Gasteiger partial charge in [-0.05, 0) is 18.8 Å². The van der Waals surface area contributed by atoms with Gasteiger partial charge in [0.2, 0.25) is 0 Å². The second-order valence-corrected chi connectivity index (χ2v) is 5.05. The van der Waals surface area contributed by atoms with E-state index >= 15 is 0 Å². The fraction of sp³-hybridized carbons (Fsp3) is 1.00. The first-order valence-corrected chi connectivity index (χ1v) is 6.75. The monoisotopic (exact) mass is 228 g/mol. The van der Waals surface area contributed by atoms with Crippen LogP contribution in [-0.2, 0) is 4.74 Å². The number of hydrazine groups is 1. The minimum atomic E-state index is -0.0241. The van der Waals surface area contributed by atoms with Crippen LogP contribution in [0.25, 0.3) is 0 Å². The van der Waals surface area contributed by atoms with Gasteiger partial charge < -0.3 is 4.74 Å². The van der Waals surface area contributed by atoms with Crippen LogP contribution in [0.3, 0.4) is 0 Å². The quantitative estimate of drug-likeness (QED) is 0.542. The number of nitrogens with one attached hydrogen (secondary N) is 1. The average molecular weight is 228 g/mol. The van der Waals surface area contributed by atoms with Gasteiger partial charge in [-0.1, -0.05) is 46.0 Å². The molecule has 3 nitrogen and oxygen atoms in total. The second-order valence-electron chi connectivity index (χ2n) is 5.05. The van der Waals surface area contributed by atoms with Crippen LogP contribution in [0.5, 0.6) is 0 Å². The largest absolute Gasteiger partial charge is 0.377 e. The predicted molar refractivity (Wildman–Crippen MR) is 68.0 cm³/mol. The highest BCUT2D eigenvalue weighted by Crippen LogP contribution is 2.37. The number of ether oxygens (including phenoxy) is 1. The Morgan fingerprint density at radius 2 is 1.75 bits per heavy atom. The molecule has 1 rings (SSSR count). The SMILES string of the molecule is CCC(CC)C(NN)C1(OC)CCCCC1. The molecule has 96 valence electrons. The fourth-order valence-corrected chi connectivity index (χ4v) is 3.27. The Bertz CT molecular complexity index is 186. The molecule has 0 aliphatic heterocycles. The summed E-state index contributed by atoms with van der Waals surface area (Å²) in [5, 5.41) is 0. The average Bonchev–Trinajstić information content (AvgIpc) is 2.36. The lowest BCUT2D eigenvalue weighted by Crippen LogP contribution is -2.58. The van der Waals surface area contributed by atoms with E-state index in [2.05, 4.69) is 19.3 Å². The molecular formula is C13H28N2O. The molecule has 3 N–H and O–H groups in total. The molecule has 1 unspecified atom stereocenters. The molecule has 1 fully saturated rings. The standard InChI is InChI=1S/C13H28N2O/c1-4-11(5-2)12(15-14)13(16-3)9-7-6-8-10-13/h11-12,15H,4-10,14H2,1-3H3. The summed E-state index contributed by atoms with van der Waals surface area (Å²) in [6.45, 7) is 4.48. The van der Waals surface area contributed by atoms with Crippen molar-refractivity contribution in [2.75, 3.05) is 7.11 Å². The Morgan fingerprint density at radius 1 is 1.19 bits per heavy atom. The van der Waals surface area contributed by atoms with E-state index < -0.39 is 0 Å². The van der Waals surface area contributed by atoms with Gasteiger partial charge >= 0.3 is 0 Å². The second kappa shape index (κ2) is 6.58. The van der Waals surface area contributed by atoms with E-state index in [-0.39, 0.29) is 5.60 Å². The number of rotatable bonds is 6. The van der Waals surface area contributed by atoms with Crippen LogP contribution >= 0.6 is 0 Å². The van der Waals surface area contributed by atoms with E-state index in [0.29, 0.717) is 12.0 Å². The first kappa shape index (κ1) is 13.9. The lowest BCUT2D eigenvalue weighted by atomic mass is 9.73. The molecule has 0 saturated heterocycles. The summed E-state index contributed by atoms with van der Waals surface area (Å²) in [7, 11) is 1.85. The van der Waals surface area contributed by atoms with Crippen molar-refractivity contribution in [2.24, 2.45) is 11.8 Å². The third-order valence-corrected chi connectivity index (χ3v) is 4.37. The third-order valence-electron chi connectivity index (χ3n) is 4.37. The van der Waals surface area contributed by atoms with Crippen LogP contribution in [0.2, 0.25) is 0 Å². The highest BCUT2D eigenvalue weighted by Gasteiger charge is 2.42. The van der Waals surface area contributed by atoms with E-state index in [4.69, 9.17) is 10.6 Å². The van der Waals surface area contributed by atoms with E-state index in [1.54, 1.807) is 0 Å². The molecule has 0 aromatic heterocycles. The summed E-state index contributed by atoms with van der Waals surface area (Å²) in [6, 6.07) is 0.299. The molecule has 0 aromatic carbocycles. The summed E-state index contributed by atoms with van der Waals surface area (Å²) in [4.78, 5) is 0. The van der Waals surface area contributed by atoms with Crippen LogP contribution in [0.1, 0.15) is 58.8 Å². The molecule has 1 saturated carbocycles. The van der Waals surface area contributed by atoms with Gasteiger partial charge in [0.1, 0.15) is 0 Å². The molecule has 1 atom stereocenters. The van der Waals surface area contributed by atoms with Gasteiger partial charge in [-0.2, -0.15) is 0 Å². The molecule has 0 amide bonds. The van der Waals surface area contributed by atoms with Gasteiger partial charge in [-0.3, -0.25) is 11.3 Å². The Hall–Kier alpha value is -0.120. The maximum atomic E-state index is 5.87. The van der Waals surface area contributed by atoms with Crippen molar-refractivity contribution in [2.45, 2.75) is 70.4 Å². The van der Waals surface area contributed by atoms with Crippen molar-refractivity contribution in [1.82, 2.24) is 5.43 Å². The molecule has 0 heterocycles. The predicted octanol–water partition coefficient (Wildman–Crippen LogP) is 2.60. The maximum absolute atomic E-state index is 5.87. The Morgan fingerprint density at radius 3 is 2.12 bits per heavy atom. The highest BCUT2D eigenvalue weighted by molar-refractivity contribution is 4.97. The molecule has 3 heteroatoms. The zero-order valence-electron chi connectivity index (χ0n) is 11.1. The van der Waals surface area contributed by atoms with Crippen LogP contribution in [0, 0.1) is 5.92 Å². The first-order chi connectivity index (χ1) is 7.74. The minimum Gasteiger partial charge on any atom is -0.377 e. The fourth-order valence-electron chi connectivity index (χ4n) is 3.27. The molecule has 0 aromatic rings. The molecular weight excluding hydrogens is 200 g/mol. The van der Waals surface area contributed by atoms with Crippen molar-refractivity contribution in [3.8, 4) is 0 Å². The van der Waals surface area contributed by atoms with Crippen molar-refractivity contribution in [1.29, 1.82) is 0 Å². The number of hydrogen-bond donors (Lipinski definition) is 2. The van der Waals surface area contributed by atoms with Crippen molar-refractivity contribution >= 4 is 0 Å². The highest BCUT2D eigenvalue weighted by atomic mass is 16.5. The minimum absolute atomic E-state index is 0.0241. The van der Waals surface area contributed by atoms with Gasteiger partial charge in [0.25, 0.3) is 0 Å². The Labute approximate surface area is 100 Å². The van der Waals surface area contributed by atoms with Crippen molar-refractivity contribution in [3.63, 3.8) is 0 Å². The van der Waals surface area contributed by atoms with E-state index in [9.17, 15) is 0 Å². The summed E-state index contributed by atoms with van der Waals surface area (Å²) < 4.78 is 5.87. The van der Waals surface area contributed by atoms with Gasteiger partial charge in [-0.25, -0.2) is 0 Å². The Balaban J connectivity index is 2.80. The topological polar surface area (TPSA) is 47.3 Å². The van der Waals surface area contributed by atoms with E-state index in [1.165, 1.54) is 19.3 Å². The normalized spacial score (nSPS) is 22.3. The molecule has 1 aliphatic rings. The molecule has 0 bridgehead atoms. The summed E-state index contributed by atoms with van der Waals surface area (Å²) in [6.07, 6.45) is 8.50. The third kappa shape index (κ3) is 2.76. The van der Waals surface area contributed by atoms with Gasteiger partial charge in [0.05, 0.1) is 11.6 Å². The van der Waals surface area contributed by atoms with Crippen molar-refractivity contribution in [3.05, 3.63) is 0 Å². The summed E-state index contributed by atoms with van der Waals surface area (Å²) >= 11 is 0. The maximum Gasteiger partial charge on any atom is 0.0847 e. The number of methoxy groups -OCH3 is 1. The van der Waals surface area contributed by atoms with Crippen LogP contribution in [-0.4, -0.2) is 18.8 Å². The van der Waals surface area contributed by atoms with Crippen LogP contribution in [0.15, 0.2) is 0 Å². The molecule has 0 spiro atoms. The van der Waals surface area contributed by atoms with Gasteiger partial charge in [0, 0.05) is 7.11 Å². The van der Waals surface area contributed by atoms with E-state index in [1.807, 2.05) is 7.11 Å². The van der Waals surface area contributed by atoms with Crippen LogP contribution in [0.4, 0.5) is 0 Å². The summed E-state index contributed by atoms with van der Waals surface area (Å²) in [5.41, 5.74) is 3.02. The van der Waals surface area contributed by atoms with Crippen molar-refractivity contribution < 1.29 is 4.74 Å². The van der Waals surface area contributed by atoms with Gasteiger partial charge in [0.15, 0.2) is 0 Å². The Kier molecular flexibility index (Phi) is 5.73. The van der Waals surface area contributed by atoms with E-state index in [0.717, 1.165) is 25.7 Å². The number of nitrogens with two attached hydrogens (primary N) is 1. The lowest BCUT2D eigenvalue weighted by Gasteiger charge is -2.45. The zero-order chi connectivity index (χ0) is 12.0.